The van der Waals surface area contributed by atoms with E-state index in [9.17, 15) is 4.79 Å². The predicted molar refractivity (Wildman–Crippen MR) is 108 cm³/mol. The van der Waals surface area contributed by atoms with Gasteiger partial charge in [0.15, 0.2) is 5.79 Å². The van der Waals surface area contributed by atoms with Crippen LogP contribution in [0.4, 0.5) is 4.79 Å². The van der Waals surface area contributed by atoms with Crippen molar-refractivity contribution in [2.24, 2.45) is 0 Å². The first-order chi connectivity index (χ1) is 13.1. The van der Waals surface area contributed by atoms with E-state index in [0.29, 0.717) is 19.6 Å². The molecule has 1 aromatic rings. The van der Waals surface area contributed by atoms with Crippen molar-refractivity contribution in [1.82, 2.24) is 5.32 Å². The van der Waals surface area contributed by atoms with Gasteiger partial charge in [0.25, 0.3) is 0 Å². The van der Waals surface area contributed by atoms with Gasteiger partial charge >= 0.3 is 6.09 Å². The molecule has 3 atom stereocenters. The second-order valence-electron chi connectivity index (χ2n) is 8.41. The van der Waals surface area contributed by atoms with Crippen molar-refractivity contribution in [1.29, 1.82) is 0 Å². The Morgan fingerprint density at radius 2 is 2.04 bits per heavy atom. The van der Waals surface area contributed by atoms with Gasteiger partial charge in [-0.25, -0.2) is 4.79 Å². The first-order valence-electron chi connectivity index (χ1n) is 9.67. The number of benzene rings is 1. The SMILES string of the molecule is C=CC[C@H](NC(=O)OC(C)(C)C)[C@@H](OCc1ccccc1)[C@@H]1COC(C)(C)O1. The number of amides is 1. The molecule has 2 rings (SSSR count). The second kappa shape index (κ2) is 9.54. The molecule has 1 saturated heterocycles. The van der Waals surface area contributed by atoms with Crippen molar-refractivity contribution >= 4 is 6.09 Å². The molecule has 1 heterocycles. The van der Waals surface area contributed by atoms with Gasteiger partial charge in [-0.05, 0) is 46.6 Å². The highest BCUT2D eigenvalue weighted by atomic mass is 16.7. The van der Waals surface area contributed by atoms with Crippen LogP contribution in [0.2, 0.25) is 0 Å². The molecule has 6 nitrogen and oxygen atoms in total. The van der Waals surface area contributed by atoms with Crippen molar-refractivity contribution < 1.29 is 23.7 Å². The summed E-state index contributed by atoms with van der Waals surface area (Å²) in [5, 5.41) is 2.92. The maximum Gasteiger partial charge on any atom is 0.407 e. The minimum atomic E-state index is -0.691. The lowest BCUT2D eigenvalue weighted by atomic mass is 10.0. The molecule has 1 N–H and O–H groups in total. The molecule has 0 bridgehead atoms. The highest BCUT2D eigenvalue weighted by Crippen LogP contribution is 2.28. The van der Waals surface area contributed by atoms with Crippen LogP contribution in [0.3, 0.4) is 0 Å². The fourth-order valence-corrected chi connectivity index (χ4v) is 3.04. The number of alkyl carbamates (subject to hydrolysis) is 1. The van der Waals surface area contributed by atoms with E-state index in [2.05, 4.69) is 11.9 Å². The second-order valence-corrected chi connectivity index (χ2v) is 8.41. The van der Waals surface area contributed by atoms with Gasteiger partial charge in [0, 0.05) is 0 Å². The Kier molecular flexibility index (Phi) is 7.63. The quantitative estimate of drug-likeness (QED) is 0.673. The standard InChI is InChI=1S/C22H33NO5/c1-7-11-17(23-20(24)28-21(2,3)4)19(18-15-26-22(5,6)27-18)25-14-16-12-9-8-10-13-16/h7-10,12-13,17-19H,1,11,14-15H2,2-6H3,(H,23,24)/t17-,18-,19+/m0/s1. The molecule has 1 amide bonds. The molecule has 0 aromatic heterocycles. The van der Waals surface area contributed by atoms with E-state index >= 15 is 0 Å². The summed E-state index contributed by atoms with van der Waals surface area (Å²) in [7, 11) is 0. The largest absolute Gasteiger partial charge is 0.444 e. The Morgan fingerprint density at radius 1 is 1.36 bits per heavy atom. The number of nitrogens with one attached hydrogen (secondary N) is 1. The Morgan fingerprint density at radius 3 is 2.57 bits per heavy atom. The zero-order valence-electron chi connectivity index (χ0n) is 17.6. The van der Waals surface area contributed by atoms with Crippen molar-refractivity contribution in [2.75, 3.05) is 6.61 Å². The van der Waals surface area contributed by atoms with E-state index in [0.717, 1.165) is 5.56 Å². The summed E-state index contributed by atoms with van der Waals surface area (Å²) in [6, 6.07) is 9.52. The van der Waals surface area contributed by atoms with Crippen LogP contribution >= 0.6 is 0 Å². The van der Waals surface area contributed by atoms with E-state index in [4.69, 9.17) is 18.9 Å². The van der Waals surface area contributed by atoms with Crippen LogP contribution in [-0.4, -0.2) is 42.3 Å². The van der Waals surface area contributed by atoms with Crippen LogP contribution in [-0.2, 0) is 25.6 Å². The molecule has 6 heteroatoms. The fourth-order valence-electron chi connectivity index (χ4n) is 3.04. The van der Waals surface area contributed by atoms with Crippen LogP contribution in [0.25, 0.3) is 0 Å². The zero-order chi connectivity index (χ0) is 20.8. The Labute approximate surface area is 168 Å². The summed E-state index contributed by atoms with van der Waals surface area (Å²) in [6.45, 7) is 13.8. The lowest BCUT2D eigenvalue weighted by Gasteiger charge is -2.32. The van der Waals surface area contributed by atoms with E-state index in [1.165, 1.54) is 0 Å². The van der Waals surface area contributed by atoms with Gasteiger partial charge < -0.3 is 24.3 Å². The summed E-state index contributed by atoms with van der Waals surface area (Å²) in [5.41, 5.74) is 0.457. The van der Waals surface area contributed by atoms with Crippen molar-refractivity contribution in [3.8, 4) is 0 Å². The maximum atomic E-state index is 12.4. The number of carbonyl (C=O) groups excluding carboxylic acids is 1. The van der Waals surface area contributed by atoms with Crippen molar-refractivity contribution in [2.45, 2.75) is 77.3 Å². The first-order valence-corrected chi connectivity index (χ1v) is 9.67. The topological polar surface area (TPSA) is 66.0 Å². The maximum absolute atomic E-state index is 12.4. The lowest BCUT2D eigenvalue weighted by Crippen LogP contribution is -2.51. The smallest absolute Gasteiger partial charge is 0.407 e. The van der Waals surface area contributed by atoms with Gasteiger partial charge in [0.05, 0.1) is 19.3 Å². The zero-order valence-corrected chi connectivity index (χ0v) is 17.6. The minimum absolute atomic E-state index is 0.321. The summed E-state index contributed by atoms with van der Waals surface area (Å²) >= 11 is 0. The Bertz CT molecular complexity index is 638. The molecule has 0 saturated carbocycles. The number of carbonyl (C=O) groups is 1. The first kappa shape index (κ1) is 22.4. The van der Waals surface area contributed by atoms with Crippen LogP contribution < -0.4 is 5.32 Å². The molecule has 1 aliphatic rings. The van der Waals surface area contributed by atoms with Gasteiger partial charge in [0.2, 0.25) is 0 Å². The average Bonchev–Trinajstić information content (AvgIpc) is 2.94. The van der Waals surface area contributed by atoms with Crippen LogP contribution in [0.5, 0.6) is 0 Å². The molecule has 0 unspecified atom stereocenters. The van der Waals surface area contributed by atoms with E-state index in [1.54, 1.807) is 6.08 Å². The van der Waals surface area contributed by atoms with Crippen LogP contribution in [0.15, 0.2) is 43.0 Å². The third-order valence-electron chi connectivity index (χ3n) is 4.20. The third-order valence-corrected chi connectivity index (χ3v) is 4.20. The molecule has 0 spiro atoms. The van der Waals surface area contributed by atoms with Crippen LogP contribution in [0, 0.1) is 0 Å². The summed E-state index contributed by atoms with van der Waals surface area (Å²) in [5.74, 6) is -0.691. The van der Waals surface area contributed by atoms with E-state index in [1.807, 2.05) is 65.0 Å². The predicted octanol–water partition coefficient (Wildman–Crippen LogP) is 4.19. The summed E-state index contributed by atoms with van der Waals surface area (Å²) < 4.78 is 23.4. The monoisotopic (exact) mass is 391 g/mol. The van der Waals surface area contributed by atoms with Gasteiger partial charge in [0.1, 0.15) is 17.8 Å². The number of ether oxygens (including phenoxy) is 4. The number of hydrogen-bond acceptors (Lipinski definition) is 5. The Hall–Kier alpha value is -1.89. The summed E-state index contributed by atoms with van der Waals surface area (Å²) in [4.78, 5) is 12.4. The highest BCUT2D eigenvalue weighted by molar-refractivity contribution is 5.68. The number of hydrogen-bond donors (Lipinski definition) is 1. The summed E-state index contributed by atoms with van der Waals surface area (Å²) in [6.07, 6.45) is 1.03. The molecular weight excluding hydrogens is 358 g/mol. The average molecular weight is 392 g/mol. The van der Waals surface area contributed by atoms with Crippen molar-refractivity contribution in [3.05, 3.63) is 48.6 Å². The van der Waals surface area contributed by atoms with E-state index < -0.39 is 23.6 Å². The number of rotatable bonds is 8. The fraction of sp³-hybridized carbons (Fsp3) is 0.591. The van der Waals surface area contributed by atoms with E-state index in [-0.39, 0.29) is 12.1 Å². The van der Waals surface area contributed by atoms with Gasteiger partial charge in [-0.2, -0.15) is 0 Å². The van der Waals surface area contributed by atoms with Gasteiger partial charge in [-0.1, -0.05) is 36.4 Å². The molecule has 1 aromatic carbocycles. The van der Waals surface area contributed by atoms with Crippen LogP contribution in [0.1, 0.15) is 46.6 Å². The molecule has 0 radical (unpaired) electrons. The lowest BCUT2D eigenvalue weighted by molar-refractivity contribution is -0.161. The Balaban J connectivity index is 2.15. The molecule has 1 aliphatic heterocycles. The van der Waals surface area contributed by atoms with Crippen molar-refractivity contribution in [3.63, 3.8) is 0 Å². The molecular formula is C22H33NO5. The minimum Gasteiger partial charge on any atom is -0.444 e. The third kappa shape index (κ3) is 7.26. The highest BCUT2D eigenvalue weighted by Gasteiger charge is 2.41. The molecule has 0 aliphatic carbocycles. The normalized spacial score (nSPS) is 21.0. The van der Waals surface area contributed by atoms with Gasteiger partial charge in [-0.3, -0.25) is 0 Å². The molecule has 28 heavy (non-hydrogen) atoms. The molecule has 156 valence electrons. The van der Waals surface area contributed by atoms with Gasteiger partial charge in [-0.15, -0.1) is 6.58 Å². The molecule has 1 fully saturated rings.